The molecule has 2 aromatic rings. The highest BCUT2D eigenvalue weighted by Gasteiger charge is 2.21. The number of rotatable bonds is 5. The van der Waals surface area contributed by atoms with Crippen LogP contribution in [0.15, 0.2) is 53.4 Å². The summed E-state index contributed by atoms with van der Waals surface area (Å²) in [5.74, 6) is -0.00150. The van der Waals surface area contributed by atoms with Crippen LogP contribution in [0.25, 0.3) is 0 Å². The molecule has 2 rings (SSSR count). The van der Waals surface area contributed by atoms with Crippen LogP contribution >= 0.6 is 0 Å². The molecule has 0 aliphatic carbocycles. The first-order valence-electron chi connectivity index (χ1n) is 9.11. The predicted molar refractivity (Wildman–Crippen MR) is 110 cm³/mol. The highest BCUT2D eigenvalue weighted by atomic mass is 32.2. The molecule has 1 N–H and O–H groups in total. The Morgan fingerprint density at radius 1 is 0.926 bits per heavy atom. The summed E-state index contributed by atoms with van der Waals surface area (Å²) in [6.07, 6.45) is 1.15. The van der Waals surface area contributed by atoms with E-state index >= 15 is 0 Å². The van der Waals surface area contributed by atoms with Gasteiger partial charge in [-0.15, -0.1) is 0 Å². The van der Waals surface area contributed by atoms with Gasteiger partial charge in [-0.05, 0) is 46.7 Å². The monoisotopic (exact) mass is 387 g/mol. The van der Waals surface area contributed by atoms with Gasteiger partial charge >= 0.3 is 0 Å². The molecule has 1 unspecified atom stereocenters. The Morgan fingerprint density at radius 2 is 1.44 bits per heavy atom. The Labute approximate surface area is 162 Å². The molecule has 0 fully saturated rings. The topological polar surface area (TPSA) is 63.2 Å². The Kier molecular flexibility index (Phi) is 6.15. The third kappa shape index (κ3) is 5.42. The van der Waals surface area contributed by atoms with Crippen molar-refractivity contribution >= 4 is 15.7 Å². The molecule has 0 aromatic heterocycles. The van der Waals surface area contributed by atoms with Crippen LogP contribution in [0.1, 0.15) is 62.1 Å². The van der Waals surface area contributed by atoms with Gasteiger partial charge in [-0.1, -0.05) is 58.9 Å². The Hall–Kier alpha value is -2.14. The number of carbonyl (C=O) groups is 1. The summed E-state index contributed by atoms with van der Waals surface area (Å²) in [6.45, 7) is 10.6. The second-order valence-electron chi connectivity index (χ2n) is 8.36. The fraction of sp³-hybridized carbons (Fsp3) is 0.409. The van der Waals surface area contributed by atoms with Gasteiger partial charge in [-0.3, -0.25) is 4.79 Å². The molecule has 0 saturated heterocycles. The summed E-state index contributed by atoms with van der Waals surface area (Å²) in [5, 5.41) is 3.08. The average molecular weight is 388 g/mol. The summed E-state index contributed by atoms with van der Waals surface area (Å²) in [6, 6.07) is 14.3. The predicted octanol–water partition coefficient (Wildman–Crippen LogP) is 4.51. The van der Waals surface area contributed by atoms with Crippen molar-refractivity contribution in [1.82, 2.24) is 5.32 Å². The lowest BCUT2D eigenvalue weighted by atomic mass is 9.85. The van der Waals surface area contributed by atoms with Gasteiger partial charge < -0.3 is 5.32 Å². The maximum atomic E-state index is 12.7. The van der Waals surface area contributed by atoms with Crippen LogP contribution in [-0.4, -0.2) is 20.6 Å². The molecule has 4 nitrogen and oxygen atoms in total. The molecule has 146 valence electrons. The van der Waals surface area contributed by atoms with Crippen molar-refractivity contribution in [3.8, 4) is 0 Å². The molecule has 1 amide bonds. The van der Waals surface area contributed by atoms with Crippen LogP contribution in [0.3, 0.4) is 0 Å². The van der Waals surface area contributed by atoms with Gasteiger partial charge in [0, 0.05) is 11.8 Å². The number of nitrogens with one attached hydrogen (secondary N) is 1. The molecular weight excluding hydrogens is 358 g/mol. The van der Waals surface area contributed by atoms with Crippen molar-refractivity contribution < 1.29 is 13.2 Å². The second-order valence-corrected chi connectivity index (χ2v) is 10.4. The molecule has 0 heterocycles. The lowest BCUT2D eigenvalue weighted by molar-refractivity contribution is 0.0925. The van der Waals surface area contributed by atoms with E-state index in [1.807, 2.05) is 0 Å². The molecule has 0 aliphatic heterocycles. The van der Waals surface area contributed by atoms with Crippen LogP contribution in [0, 0.1) is 5.92 Å². The van der Waals surface area contributed by atoms with Crippen LogP contribution in [0.2, 0.25) is 0 Å². The molecule has 27 heavy (non-hydrogen) atoms. The third-order valence-corrected chi connectivity index (χ3v) is 5.76. The van der Waals surface area contributed by atoms with Crippen molar-refractivity contribution in [3.63, 3.8) is 0 Å². The van der Waals surface area contributed by atoms with E-state index in [2.05, 4.69) is 64.2 Å². The van der Waals surface area contributed by atoms with E-state index in [9.17, 15) is 13.2 Å². The van der Waals surface area contributed by atoms with Crippen LogP contribution in [0.4, 0.5) is 0 Å². The molecule has 0 spiro atoms. The molecule has 1 atom stereocenters. The van der Waals surface area contributed by atoms with Crippen molar-refractivity contribution in [2.24, 2.45) is 5.92 Å². The standard InChI is InChI=1S/C22H29NO3S/c1-15(2)20(16-7-11-18(12-8-16)22(3,4)5)23-21(24)17-9-13-19(14-10-17)27(6,25)26/h7-15,20H,1-6H3,(H,23,24). The molecule has 0 radical (unpaired) electrons. The normalized spacial score (nSPS) is 13.4. The quantitative estimate of drug-likeness (QED) is 0.821. The number of benzene rings is 2. The van der Waals surface area contributed by atoms with Gasteiger partial charge in [-0.25, -0.2) is 8.42 Å². The summed E-state index contributed by atoms with van der Waals surface area (Å²) < 4.78 is 23.1. The fourth-order valence-electron chi connectivity index (χ4n) is 2.90. The van der Waals surface area contributed by atoms with Crippen molar-refractivity contribution in [2.75, 3.05) is 6.26 Å². The minimum Gasteiger partial charge on any atom is -0.345 e. The molecule has 0 bridgehead atoms. The van der Waals surface area contributed by atoms with Crippen molar-refractivity contribution in [2.45, 2.75) is 51.0 Å². The first-order valence-corrected chi connectivity index (χ1v) is 11.0. The molecular formula is C22H29NO3S. The van der Waals surface area contributed by atoms with E-state index < -0.39 is 9.84 Å². The number of hydrogen-bond acceptors (Lipinski definition) is 3. The summed E-state index contributed by atoms with van der Waals surface area (Å²) >= 11 is 0. The number of carbonyl (C=O) groups excluding carboxylic acids is 1. The van der Waals surface area contributed by atoms with E-state index in [0.29, 0.717) is 5.56 Å². The van der Waals surface area contributed by atoms with Gasteiger partial charge in [-0.2, -0.15) is 0 Å². The largest absolute Gasteiger partial charge is 0.345 e. The zero-order valence-electron chi connectivity index (χ0n) is 16.9. The average Bonchev–Trinajstić information content (AvgIpc) is 2.58. The zero-order valence-corrected chi connectivity index (χ0v) is 17.7. The van der Waals surface area contributed by atoms with Crippen molar-refractivity contribution in [1.29, 1.82) is 0 Å². The minimum atomic E-state index is -3.27. The van der Waals surface area contributed by atoms with Gasteiger partial charge in [0.15, 0.2) is 9.84 Å². The molecule has 0 saturated carbocycles. The van der Waals surface area contributed by atoms with Gasteiger partial charge in [0.1, 0.15) is 0 Å². The lowest BCUT2D eigenvalue weighted by Gasteiger charge is -2.25. The van der Waals surface area contributed by atoms with E-state index in [1.54, 1.807) is 12.1 Å². The van der Waals surface area contributed by atoms with Crippen molar-refractivity contribution in [3.05, 3.63) is 65.2 Å². The molecule has 5 heteroatoms. The first-order chi connectivity index (χ1) is 12.4. The number of sulfone groups is 1. The van der Waals surface area contributed by atoms with Gasteiger partial charge in [0.05, 0.1) is 10.9 Å². The lowest BCUT2D eigenvalue weighted by Crippen LogP contribution is -2.31. The highest BCUT2D eigenvalue weighted by molar-refractivity contribution is 7.90. The molecule has 2 aromatic carbocycles. The smallest absolute Gasteiger partial charge is 0.251 e. The third-order valence-electron chi connectivity index (χ3n) is 4.63. The second kappa shape index (κ2) is 7.85. The van der Waals surface area contributed by atoms with Gasteiger partial charge in [0.25, 0.3) is 5.91 Å². The van der Waals surface area contributed by atoms with Crippen LogP contribution < -0.4 is 5.32 Å². The number of amides is 1. The maximum absolute atomic E-state index is 12.7. The Morgan fingerprint density at radius 3 is 1.85 bits per heavy atom. The SMILES string of the molecule is CC(C)C(NC(=O)c1ccc(S(C)(=O)=O)cc1)c1ccc(C(C)(C)C)cc1. The van der Waals surface area contributed by atoms with E-state index in [-0.39, 0.29) is 28.2 Å². The van der Waals surface area contributed by atoms with Crippen LogP contribution in [-0.2, 0) is 15.3 Å². The highest BCUT2D eigenvalue weighted by Crippen LogP contribution is 2.27. The summed E-state index contributed by atoms with van der Waals surface area (Å²) in [5.41, 5.74) is 2.83. The van der Waals surface area contributed by atoms with E-state index in [4.69, 9.17) is 0 Å². The van der Waals surface area contributed by atoms with E-state index in [1.165, 1.54) is 17.7 Å². The number of hydrogen-bond donors (Lipinski definition) is 1. The first kappa shape index (κ1) is 21.2. The van der Waals surface area contributed by atoms with E-state index in [0.717, 1.165) is 11.8 Å². The summed E-state index contributed by atoms with van der Waals surface area (Å²) in [7, 11) is -3.27. The zero-order chi connectivity index (χ0) is 20.4. The Balaban J connectivity index is 2.22. The van der Waals surface area contributed by atoms with Crippen LogP contribution in [0.5, 0.6) is 0 Å². The Bertz CT molecular complexity index is 890. The molecule has 0 aliphatic rings. The van der Waals surface area contributed by atoms with Gasteiger partial charge in [0.2, 0.25) is 0 Å². The minimum absolute atomic E-state index is 0.0798. The maximum Gasteiger partial charge on any atom is 0.251 e. The fourth-order valence-corrected chi connectivity index (χ4v) is 3.53. The summed E-state index contributed by atoms with van der Waals surface area (Å²) in [4.78, 5) is 12.9.